The summed E-state index contributed by atoms with van der Waals surface area (Å²) in [6.45, 7) is 2.19. The molecule has 0 amide bonds. The Morgan fingerprint density at radius 1 is 1.62 bits per heavy atom. The third-order valence-electron chi connectivity index (χ3n) is 3.44. The van der Waals surface area contributed by atoms with Gasteiger partial charge in [0, 0.05) is 25.6 Å². The number of halogens is 1. The average Bonchev–Trinajstić information content (AvgIpc) is 3.05. The lowest BCUT2D eigenvalue weighted by atomic mass is 9.90. The molecule has 4 nitrogen and oxygen atoms in total. The predicted octanol–water partition coefficient (Wildman–Crippen LogP) is 1.02. The monoisotopic (exact) mass is 243 g/mol. The number of rotatable bonds is 4. The molecule has 0 bridgehead atoms. The molecule has 0 radical (unpaired) electrons. The number of aromatic nitrogens is 2. The van der Waals surface area contributed by atoms with Crippen LogP contribution in [0.15, 0.2) is 0 Å². The molecule has 1 unspecified atom stereocenters. The molecule has 90 valence electrons. The highest BCUT2D eigenvalue weighted by Gasteiger charge is 2.43. The summed E-state index contributed by atoms with van der Waals surface area (Å²) in [4.78, 5) is 0. The lowest BCUT2D eigenvalue weighted by Crippen LogP contribution is -2.42. The van der Waals surface area contributed by atoms with Gasteiger partial charge in [0.1, 0.15) is 5.15 Å². The molecule has 1 fully saturated rings. The molecule has 5 heteroatoms. The van der Waals surface area contributed by atoms with Crippen molar-refractivity contribution in [3.8, 4) is 0 Å². The summed E-state index contributed by atoms with van der Waals surface area (Å²) in [5.74, 6) is 0.327. The Morgan fingerprint density at radius 3 is 2.62 bits per heavy atom. The smallest absolute Gasteiger partial charge is 0.130 e. The van der Waals surface area contributed by atoms with Gasteiger partial charge >= 0.3 is 0 Å². The normalized spacial score (nSPS) is 19.8. The number of nitrogens with two attached hydrogens (primary N) is 1. The topological polar surface area (TPSA) is 64.1 Å². The van der Waals surface area contributed by atoms with E-state index in [-0.39, 0.29) is 6.54 Å². The van der Waals surface area contributed by atoms with Gasteiger partial charge in [-0.15, -0.1) is 0 Å². The summed E-state index contributed by atoms with van der Waals surface area (Å²) < 4.78 is 1.63. The van der Waals surface area contributed by atoms with Gasteiger partial charge in [0.25, 0.3) is 0 Å². The maximum atomic E-state index is 10.5. The summed E-state index contributed by atoms with van der Waals surface area (Å²) in [6.07, 6.45) is 2.63. The molecule has 3 N–H and O–H groups in total. The van der Waals surface area contributed by atoms with Gasteiger partial charge in [-0.3, -0.25) is 4.68 Å². The maximum Gasteiger partial charge on any atom is 0.130 e. The Labute approximate surface area is 100 Å². The van der Waals surface area contributed by atoms with Gasteiger partial charge in [-0.2, -0.15) is 5.10 Å². The third kappa shape index (κ3) is 1.97. The molecule has 0 aliphatic heterocycles. The molecule has 16 heavy (non-hydrogen) atoms. The summed E-state index contributed by atoms with van der Waals surface area (Å²) >= 11 is 6.15. The van der Waals surface area contributed by atoms with Crippen LogP contribution in [0.2, 0.25) is 5.15 Å². The van der Waals surface area contributed by atoms with Crippen LogP contribution in [0, 0.1) is 12.8 Å². The molecule has 1 aromatic heterocycles. The molecule has 1 aliphatic rings. The summed E-state index contributed by atoms with van der Waals surface area (Å²) in [5.41, 5.74) is 6.67. The Bertz CT molecular complexity index is 400. The van der Waals surface area contributed by atoms with E-state index < -0.39 is 5.60 Å². The van der Waals surface area contributed by atoms with E-state index >= 15 is 0 Å². The first-order chi connectivity index (χ1) is 7.48. The summed E-state index contributed by atoms with van der Waals surface area (Å²) in [5, 5.41) is 15.3. The molecule has 1 saturated carbocycles. The quantitative estimate of drug-likeness (QED) is 0.830. The zero-order valence-corrected chi connectivity index (χ0v) is 10.5. The number of aliphatic hydroxyl groups is 1. The largest absolute Gasteiger partial charge is 0.388 e. The molecule has 0 saturated heterocycles. The van der Waals surface area contributed by atoms with Crippen molar-refractivity contribution in [1.29, 1.82) is 0 Å². The van der Waals surface area contributed by atoms with Crippen LogP contribution in [-0.4, -0.2) is 27.0 Å². The zero-order valence-electron chi connectivity index (χ0n) is 9.70. The van der Waals surface area contributed by atoms with E-state index in [2.05, 4.69) is 5.10 Å². The average molecular weight is 244 g/mol. The minimum absolute atomic E-state index is 0.280. The Hall–Kier alpha value is -0.580. The molecule has 1 heterocycles. The van der Waals surface area contributed by atoms with E-state index in [0.29, 0.717) is 17.5 Å². The minimum Gasteiger partial charge on any atom is -0.388 e. The molecular weight excluding hydrogens is 226 g/mol. The number of aryl methyl sites for hydroxylation is 2. The zero-order chi connectivity index (χ0) is 11.9. The van der Waals surface area contributed by atoms with Crippen molar-refractivity contribution in [3.63, 3.8) is 0 Å². The molecule has 1 aromatic rings. The van der Waals surface area contributed by atoms with Gasteiger partial charge < -0.3 is 10.8 Å². The van der Waals surface area contributed by atoms with E-state index in [4.69, 9.17) is 17.3 Å². The predicted molar refractivity (Wildman–Crippen MR) is 63.4 cm³/mol. The highest BCUT2D eigenvalue weighted by Crippen LogP contribution is 2.42. The van der Waals surface area contributed by atoms with Crippen LogP contribution < -0.4 is 5.73 Å². The first-order valence-electron chi connectivity index (χ1n) is 5.58. The maximum absolute atomic E-state index is 10.5. The van der Waals surface area contributed by atoms with Crippen LogP contribution in [-0.2, 0) is 13.5 Å². The van der Waals surface area contributed by atoms with Crippen molar-refractivity contribution < 1.29 is 5.11 Å². The van der Waals surface area contributed by atoms with Crippen molar-refractivity contribution in [1.82, 2.24) is 9.78 Å². The Morgan fingerprint density at radius 2 is 2.25 bits per heavy atom. The van der Waals surface area contributed by atoms with Crippen LogP contribution in [0.4, 0.5) is 0 Å². The highest BCUT2D eigenvalue weighted by molar-refractivity contribution is 6.30. The van der Waals surface area contributed by atoms with Gasteiger partial charge in [0.05, 0.1) is 11.3 Å². The molecule has 1 aliphatic carbocycles. The minimum atomic E-state index is -0.808. The lowest BCUT2D eigenvalue weighted by molar-refractivity contribution is 0.0266. The van der Waals surface area contributed by atoms with E-state index in [0.717, 1.165) is 24.1 Å². The molecule has 1 atom stereocenters. The van der Waals surface area contributed by atoms with Crippen LogP contribution in [0.5, 0.6) is 0 Å². The number of hydrogen-bond acceptors (Lipinski definition) is 3. The van der Waals surface area contributed by atoms with Crippen molar-refractivity contribution in [2.24, 2.45) is 18.7 Å². The van der Waals surface area contributed by atoms with Crippen molar-refractivity contribution in [2.45, 2.75) is 31.8 Å². The van der Waals surface area contributed by atoms with Gasteiger partial charge in [-0.1, -0.05) is 11.6 Å². The highest BCUT2D eigenvalue weighted by atomic mass is 35.5. The Kier molecular flexibility index (Phi) is 2.99. The standard InChI is InChI=1S/C11H18ClN3O/c1-7-9(10(12)15(2)14-7)5-11(16,6-13)8-3-4-8/h8,16H,3-6,13H2,1-2H3. The van der Waals surface area contributed by atoms with Crippen LogP contribution >= 0.6 is 11.6 Å². The Balaban J connectivity index is 2.25. The lowest BCUT2D eigenvalue weighted by Gasteiger charge is -2.26. The second-order valence-electron chi connectivity index (χ2n) is 4.74. The molecular formula is C11H18ClN3O. The van der Waals surface area contributed by atoms with E-state index in [1.54, 1.807) is 11.7 Å². The van der Waals surface area contributed by atoms with Crippen LogP contribution in [0.1, 0.15) is 24.1 Å². The molecule has 2 rings (SSSR count). The second kappa shape index (κ2) is 4.02. The van der Waals surface area contributed by atoms with Crippen LogP contribution in [0.3, 0.4) is 0 Å². The van der Waals surface area contributed by atoms with Gasteiger partial charge in [0.2, 0.25) is 0 Å². The summed E-state index contributed by atoms with van der Waals surface area (Å²) in [7, 11) is 1.80. The van der Waals surface area contributed by atoms with Gasteiger partial charge in [-0.05, 0) is 25.7 Å². The summed E-state index contributed by atoms with van der Waals surface area (Å²) in [6, 6.07) is 0. The van der Waals surface area contributed by atoms with Crippen molar-refractivity contribution >= 4 is 11.6 Å². The fraction of sp³-hybridized carbons (Fsp3) is 0.727. The number of hydrogen-bond donors (Lipinski definition) is 2. The fourth-order valence-corrected chi connectivity index (χ4v) is 2.43. The fourth-order valence-electron chi connectivity index (χ4n) is 2.18. The number of nitrogens with zero attached hydrogens (tertiary/aromatic N) is 2. The second-order valence-corrected chi connectivity index (χ2v) is 5.10. The molecule has 0 spiro atoms. The van der Waals surface area contributed by atoms with E-state index in [9.17, 15) is 5.11 Å². The SMILES string of the molecule is Cc1nn(C)c(Cl)c1CC(O)(CN)C1CC1. The van der Waals surface area contributed by atoms with Crippen molar-refractivity contribution in [2.75, 3.05) is 6.54 Å². The molecule has 0 aromatic carbocycles. The van der Waals surface area contributed by atoms with Gasteiger partial charge in [0.15, 0.2) is 0 Å². The first-order valence-corrected chi connectivity index (χ1v) is 5.96. The van der Waals surface area contributed by atoms with Crippen molar-refractivity contribution in [3.05, 3.63) is 16.4 Å². The van der Waals surface area contributed by atoms with Crippen LogP contribution in [0.25, 0.3) is 0 Å². The van der Waals surface area contributed by atoms with E-state index in [1.165, 1.54) is 0 Å². The van der Waals surface area contributed by atoms with E-state index in [1.807, 2.05) is 6.92 Å². The third-order valence-corrected chi connectivity index (χ3v) is 3.92. The van der Waals surface area contributed by atoms with Gasteiger partial charge in [-0.25, -0.2) is 0 Å². The first kappa shape index (κ1) is 11.9.